The van der Waals surface area contributed by atoms with E-state index in [4.69, 9.17) is 0 Å². The predicted octanol–water partition coefficient (Wildman–Crippen LogP) is 7.70. The number of hydrazine groups is 1. The van der Waals surface area contributed by atoms with Gasteiger partial charge in [0.1, 0.15) is 0 Å². The van der Waals surface area contributed by atoms with Crippen LogP contribution in [-0.4, -0.2) is 17.7 Å². The van der Waals surface area contributed by atoms with Crippen molar-refractivity contribution in [3.8, 4) is 0 Å². The third kappa shape index (κ3) is 11.9. The van der Waals surface area contributed by atoms with E-state index in [9.17, 15) is 14.4 Å². The number of rotatable bonds is 15. The fourth-order valence-electron chi connectivity index (χ4n) is 4.24. The summed E-state index contributed by atoms with van der Waals surface area (Å²) in [5, 5.41) is 2.85. The molecule has 0 saturated carbocycles. The third-order valence-electron chi connectivity index (χ3n) is 6.74. The van der Waals surface area contributed by atoms with Gasteiger partial charge in [-0.25, -0.2) is 0 Å². The standard InChI is InChI=1S/C32H47N3O3/c1-5-6-7-8-9-10-11-12-13-14-15-16-29(36)34-35-31(38)26-19-23-28(24-20-26)33-30(37)25-17-21-27(22-18-25)32(2,3)4/h17-24H,5-16H2,1-4H3,(H,33,37)(H,34,36)(H,35,38). The van der Waals surface area contributed by atoms with Gasteiger partial charge in [0.25, 0.3) is 11.8 Å². The second kappa shape index (κ2) is 16.6. The highest BCUT2D eigenvalue weighted by Gasteiger charge is 2.14. The summed E-state index contributed by atoms with van der Waals surface area (Å²) in [5.41, 5.74) is 7.70. The molecule has 0 aliphatic heterocycles. The number of carbonyl (C=O) groups excluding carboxylic acids is 3. The molecule has 0 saturated heterocycles. The van der Waals surface area contributed by atoms with Crippen LogP contribution in [0.3, 0.4) is 0 Å². The monoisotopic (exact) mass is 521 g/mol. The Balaban J connectivity index is 1.62. The molecule has 0 bridgehead atoms. The summed E-state index contributed by atoms with van der Waals surface area (Å²) in [6.45, 7) is 8.63. The lowest BCUT2D eigenvalue weighted by Gasteiger charge is -2.19. The molecule has 0 aliphatic carbocycles. The number of unbranched alkanes of at least 4 members (excludes halogenated alkanes) is 10. The van der Waals surface area contributed by atoms with Gasteiger partial charge in [0.05, 0.1) is 0 Å². The molecule has 2 rings (SSSR count). The average molecular weight is 522 g/mol. The molecule has 6 heteroatoms. The van der Waals surface area contributed by atoms with E-state index in [1.807, 2.05) is 24.3 Å². The highest BCUT2D eigenvalue weighted by atomic mass is 16.2. The number of benzene rings is 2. The molecule has 0 heterocycles. The van der Waals surface area contributed by atoms with E-state index >= 15 is 0 Å². The first-order valence-electron chi connectivity index (χ1n) is 14.3. The van der Waals surface area contributed by atoms with Crippen molar-refractivity contribution in [3.63, 3.8) is 0 Å². The van der Waals surface area contributed by atoms with E-state index in [1.54, 1.807) is 24.3 Å². The van der Waals surface area contributed by atoms with E-state index in [-0.39, 0.29) is 17.2 Å². The Morgan fingerprint density at radius 3 is 1.61 bits per heavy atom. The quantitative estimate of drug-likeness (QED) is 0.166. The molecule has 0 spiro atoms. The van der Waals surface area contributed by atoms with E-state index in [0.29, 0.717) is 23.2 Å². The summed E-state index contributed by atoms with van der Waals surface area (Å²) in [4.78, 5) is 37.0. The maximum atomic E-state index is 12.6. The van der Waals surface area contributed by atoms with Gasteiger partial charge in [0, 0.05) is 23.2 Å². The minimum Gasteiger partial charge on any atom is -0.322 e. The SMILES string of the molecule is CCCCCCCCCCCCCC(=O)NNC(=O)c1ccc(NC(=O)c2ccc(C(C)(C)C)cc2)cc1. The predicted molar refractivity (Wildman–Crippen MR) is 156 cm³/mol. The summed E-state index contributed by atoms with van der Waals surface area (Å²) in [5.74, 6) is -0.791. The molecule has 208 valence electrons. The van der Waals surface area contributed by atoms with Gasteiger partial charge >= 0.3 is 0 Å². The first-order chi connectivity index (χ1) is 18.2. The van der Waals surface area contributed by atoms with E-state index in [2.05, 4.69) is 43.9 Å². The second-order valence-corrected chi connectivity index (χ2v) is 11.1. The van der Waals surface area contributed by atoms with Gasteiger partial charge < -0.3 is 5.32 Å². The van der Waals surface area contributed by atoms with Gasteiger partial charge in [0.15, 0.2) is 0 Å². The van der Waals surface area contributed by atoms with Crippen LogP contribution in [0.1, 0.15) is 131 Å². The van der Waals surface area contributed by atoms with E-state index < -0.39 is 5.91 Å². The molecule has 0 aromatic heterocycles. The van der Waals surface area contributed by atoms with Gasteiger partial charge in [-0.2, -0.15) is 0 Å². The van der Waals surface area contributed by atoms with Crippen molar-refractivity contribution >= 4 is 23.4 Å². The Bertz CT molecular complexity index is 992. The smallest absolute Gasteiger partial charge is 0.269 e. The fourth-order valence-corrected chi connectivity index (χ4v) is 4.24. The average Bonchev–Trinajstić information content (AvgIpc) is 2.90. The van der Waals surface area contributed by atoms with Gasteiger partial charge in [-0.3, -0.25) is 25.2 Å². The lowest BCUT2D eigenvalue weighted by atomic mass is 9.87. The highest BCUT2D eigenvalue weighted by Crippen LogP contribution is 2.22. The van der Waals surface area contributed by atoms with Crippen molar-refractivity contribution in [1.29, 1.82) is 0 Å². The fraction of sp³-hybridized carbons (Fsp3) is 0.531. The summed E-state index contributed by atoms with van der Waals surface area (Å²) < 4.78 is 0. The van der Waals surface area contributed by atoms with Crippen LogP contribution >= 0.6 is 0 Å². The molecule has 0 unspecified atom stereocenters. The molecule has 6 nitrogen and oxygen atoms in total. The Morgan fingerprint density at radius 1 is 0.605 bits per heavy atom. The zero-order valence-electron chi connectivity index (χ0n) is 23.8. The molecule has 3 N–H and O–H groups in total. The van der Waals surface area contributed by atoms with Crippen LogP contribution in [0.4, 0.5) is 5.69 Å². The molecular weight excluding hydrogens is 474 g/mol. The van der Waals surface area contributed by atoms with Crippen LogP contribution in [-0.2, 0) is 10.2 Å². The van der Waals surface area contributed by atoms with Crippen LogP contribution in [0.5, 0.6) is 0 Å². The van der Waals surface area contributed by atoms with E-state index in [0.717, 1.165) is 24.8 Å². The number of nitrogens with one attached hydrogen (secondary N) is 3. The molecule has 0 atom stereocenters. The molecule has 2 aromatic carbocycles. The summed E-state index contributed by atoms with van der Waals surface area (Å²) in [6.07, 6.45) is 13.9. The molecule has 3 amide bonds. The lowest BCUT2D eigenvalue weighted by molar-refractivity contribution is -0.122. The van der Waals surface area contributed by atoms with Crippen molar-refractivity contribution in [1.82, 2.24) is 10.9 Å². The first-order valence-corrected chi connectivity index (χ1v) is 14.3. The van der Waals surface area contributed by atoms with Gasteiger partial charge in [-0.15, -0.1) is 0 Å². The number of anilines is 1. The summed E-state index contributed by atoms with van der Waals surface area (Å²) in [6, 6.07) is 14.1. The van der Waals surface area contributed by atoms with Crippen molar-refractivity contribution in [3.05, 3.63) is 65.2 Å². The maximum absolute atomic E-state index is 12.6. The minimum atomic E-state index is -0.395. The molecular formula is C32H47N3O3. The zero-order valence-corrected chi connectivity index (χ0v) is 23.8. The van der Waals surface area contributed by atoms with Crippen molar-refractivity contribution in [2.45, 2.75) is 110 Å². The molecule has 2 aromatic rings. The largest absolute Gasteiger partial charge is 0.322 e. The van der Waals surface area contributed by atoms with Crippen molar-refractivity contribution in [2.24, 2.45) is 0 Å². The Labute approximate surface area is 229 Å². The van der Waals surface area contributed by atoms with Gasteiger partial charge in [0.2, 0.25) is 5.91 Å². The normalized spacial score (nSPS) is 11.2. The van der Waals surface area contributed by atoms with E-state index in [1.165, 1.54) is 51.4 Å². The number of carbonyl (C=O) groups is 3. The maximum Gasteiger partial charge on any atom is 0.269 e. The number of hydrogen-bond acceptors (Lipinski definition) is 3. The lowest BCUT2D eigenvalue weighted by Crippen LogP contribution is -2.41. The van der Waals surface area contributed by atoms with Crippen LogP contribution in [0.2, 0.25) is 0 Å². The molecule has 0 aliphatic rings. The third-order valence-corrected chi connectivity index (χ3v) is 6.74. The van der Waals surface area contributed by atoms with Crippen LogP contribution in [0.15, 0.2) is 48.5 Å². The topological polar surface area (TPSA) is 87.3 Å². The van der Waals surface area contributed by atoms with Crippen molar-refractivity contribution < 1.29 is 14.4 Å². The Morgan fingerprint density at radius 2 is 1.08 bits per heavy atom. The van der Waals surface area contributed by atoms with Gasteiger partial charge in [-0.1, -0.05) is 104 Å². The number of amides is 3. The van der Waals surface area contributed by atoms with Crippen LogP contribution in [0, 0.1) is 0 Å². The minimum absolute atomic E-state index is 0.0254. The van der Waals surface area contributed by atoms with Gasteiger partial charge in [-0.05, 0) is 53.8 Å². The summed E-state index contributed by atoms with van der Waals surface area (Å²) >= 11 is 0. The molecule has 0 radical (unpaired) electrons. The number of hydrogen-bond donors (Lipinski definition) is 3. The molecule has 38 heavy (non-hydrogen) atoms. The molecule has 0 fully saturated rings. The second-order valence-electron chi connectivity index (χ2n) is 11.1. The summed E-state index contributed by atoms with van der Waals surface area (Å²) in [7, 11) is 0. The van der Waals surface area contributed by atoms with Crippen LogP contribution in [0.25, 0.3) is 0 Å². The highest BCUT2D eigenvalue weighted by molar-refractivity contribution is 6.04. The van der Waals surface area contributed by atoms with Crippen LogP contribution < -0.4 is 16.2 Å². The Hall–Kier alpha value is -3.15. The first kappa shape index (κ1) is 31.1. The Kier molecular flexibility index (Phi) is 13.6. The zero-order chi connectivity index (χ0) is 27.8. The van der Waals surface area contributed by atoms with Crippen molar-refractivity contribution in [2.75, 3.05) is 5.32 Å².